The van der Waals surface area contributed by atoms with Crippen LogP contribution >= 0.6 is 12.2 Å². The van der Waals surface area contributed by atoms with Crippen molar-refractivity contribution in [2.75, 3.05) is 6.61 Å². The van der Waals surface area contributed by atoms with Gasteiger partial charge in [-0.25, -0.2) is 4.39 Å². The fourth-order valence-electron chi connectivity index (χ4n) is 1.96. The highest BCUT2D eigenvalue weighted by molar-refractivity contribution is 7.71. The number of aromatic amines is 1. The number of H-pyrrole nitrogens is 1. The van der Waals surface area contributed by atoms with E-state index in [4.69, 9.17) is 28.5 Å². The fraction of sp³-hybridized carbons (Fsp3) is 0.455. The van der Waals surface area contributed by atoms with Gasteiger partial charge in [0.2, 0.25) is 11.4 Å². The van der Waals surface area contributed by atoms with Crippen molar-refractivity contribution in [3.63, 3.8) is 0 Å². The average molecular weight is 304 g/mol. The number of aliphatic hydroxyl groups excluding tert-OH is 1. The van der Waals surface area contributed by atoms with Crippen molar-refractivity contribution < 1.29 is 23.7 Å². The standard InChI is InChI=1S/C11H10F2N2O4S/c1-2-11(18)7(13)6(4-16)19-9(11)15-3-5(12)8(17)14-10(15)20/h1,3,6-7,9,16,18H,4H2,(H,14,17,20)/t6-,7?,9-,11-/m1/s1. The lowest BCUT2D eigenvalue weighted by Gasteiger charge is -2.25. The van der Waals surface area contributed by atoms with Crippen LogP contribution in [0.15, 0.2) is 11.0 Å². The highest BCUT2D eigenvalue weighted by Crippen LogP contribution is 2.39. The molecular weight excluding hydrogens is 294 g/mol. The molecule has 0 aromatic carbocycles. The molecule has 1 fully saturated rings. The predicted molar refractivity (Wildman–Crippen MR) is 65.5 cm³/mol. The van der Waals surface area contributed by atoms with Crippen LogP contribution < -0.4 is 5.56 Å². The minimum Gasteiger partial charge on any atom is -0.394 e. The van der Waals surface area contributed by atoms with Crippen LogP contribution in [-0.2, 0) is 4.74 Å². The summed E-state index contributed by atoms with van der Waals surface area (Å²) in [6.07, 6.45) is 0.700. The number of alkyl halides is 1. The van der Waals surface area contributed by atoms with Crippen molar-refractivity contribution in [3.05, 3.63) is 27.1 Å². The Morgan fingerprint density at radius 3 is 2.90 bits per heavy atom. The van der Waals surface area contributed by atoms with E-state index in [9.17, 15) is 18.7 Å². The number of aliphatic hydroxyl groups is 2. The summed E-state index contributed by atoms with van der Waals surface area (Å²) in [5.41, 5.74) is -3.51. The molecule has 0 aliphatic carbocycles. The molecule has 1 saturated heterocycles. The molecule has 0 saturated carbocycles. The molecule has 108 valence electrons. The summed E-state index contributed by atoms with van der Waals surface area (Å²) in [6.45, 7) is -0.735. The van der Waals surface area contributed by atoms with E-state index in [1.54, 1.807) is 0 Å². The first-order valence-corrected chi connectivity index (χ1v) is 5.87. The maximum absolute atomic E-state index is 14.0. The molecule has 4 atom stereocenters. The Morgan fingerprint density at radius 2 is 2.35 bits per heavy atom. The van der Waals surface area contributed by atoms with Gasteiger partial charge in [-0.15, -0.1) is 6.42 Å². The molecule has 2 rings (SSSR count). The summed E-state index contributed by atoms with van der Waals surface area (Å²) in [6, 6.07) is 0. The van der Waals surface area contributed by atoms with Crippen molar-refractivity contribution in [2.24, 2.45) is 0 Å². The van der Waals surface area contributed by atoms with Crippen LogP contribution in [0.4, 0.5) is 8.78 Å². The molecule has 1 aromatic rings. The molecule has 0 radical (unpaired) electrons. The monoisotopic (exact) mass is 304 g/mol. The third kappa shape index (κ3) is 2.06. The van der Waals surface area contributed by atoms with Crippen LogP contribution in [0.1, 0.15) is 6.23 Å². The van der Waals surface area contributed by atoms with E-state index in [0.29, 0.717) is 6.20 Å². The van der Waals surface area contributed by atoms with Crippen molar-refractivity contribution >= 4 is 12.2 Å². The highest BCUT2D eigenvalue weighted by atomic mass is 32.1. The van der Waals surface area contributed by atoms with Gasteiger partial charge in [0.1, 0.15) is 6.10 Å². The van der Waals surface area contributed by atoms with Gasteiger partial charge in [-0.3, -0.25) is 14.3 Å². The van der Waals surface area contributed by atoms with Gasteiger partial charge in [0, 0.05) is 0 Å². The van der Waals surface area contributed by atoms with Crippen molar-refractivity contribution in [3.8, 4) is 12.3 Å². The zero-order valence-corrected chi connectivity index (χ0v) is 10.7. The number of hydrogen-bond acceptors (Lipinski definition) is 5. The average Bonchev–Trinajstić information content (AvgIpc) is 2.67. The first-order valence-electron chi connectivity index (χ1n) is 5.46. The number of hydrogen-bond donors (Lipinski definition) is 3. The van der Waals surface area contributed by atoms with E-state index >= 15 is 0 Å². The van der Waals surface area contributed by atoms with E-state index in [-0.39, 0.29) is 4.77 Å². The third-order valence-corrected chi connectivity index (χ3v) is 3.33. The van der Waals surface area contributed by atoms with Crippen LogP contribution in [-0.4, -0.2) is 44.2 Å². The summed E-state index contributed by atoms with van der Waals surface area (Å²) in [7, 11) is 0. The molecule has 0 amide bonds. The molecule has 6 nitrogen and oxygen atoms in total. The van der Waals surface area contributed by atoms with Crippen LogP contribution in [0.3, 0.4) is 0 Å². The minimum absolute atomic E-state index is 0.305. The van der Waals surface area contributed by atoms with E-state index in [0.717, 1.165) is 4.57 Å². The summed E-state index contributed by atoms with van der Waals surface area (Å²) in [5.74, 6) is 0.623. The molecule has 1 aliphatic heterocycles. The van der Waals surface area contributed by atoms with E-state index in [2.05, 4.69) is 0 Å². The van der Waals surface area contributed by atoms with Gasteiger partial charge in [-0.1, -0.05) is 5.92 Å². The molecule has 3 N–H and O–H groups in total. The van der Waals surface area contributed by atoms with Gasteiger partial charge in [0.25, 0.3) is 5.56 Å². The van der Waals surface area contributed by atoms with Gasteiger partial charge in [0.15, 0.2) is 17.2 Å². The minimum atomic E-state index is -2.45. The summed E-state index contributed by atoms with van der Waals surface area (Å²) >= 11 is 4.80. The number of ether oxygens (including phenoxy) is 1. The number of aromatic nitrogens is 2. The maximum atomic E-state index is 14.0. The smallest absolute Gasteiger partial charge is 0.287 e. The quantitative estimate of drug-likeness (QED) is 0.513. The first kappa shape index (κ1) is 14.8. The molecule has 1 unspecified atom stereocenters. The Kier molecular flexibility index (Phi) is 3.75. The van der Waals surface area contributed by atoms with Gasteiger partial charge in [0.05, 0.1) is 12.8 Å². The van der Waals surface area contributed by atoms with Crippen LogP contribution in [0.25, 0.3) is 0 Å². The molecule has 1 aliphatic rings. The van der Waals surface area contributed by atoms with Gasteiger partial charge in [-0.2, -0.15) is 4.39 Å². The van der Waals surface area contributed by atoms with Crippen molar-refractivity contribution in [1.29, 1.82) is 0 Å². The topological polar surface area (TPSA) is 87.5 Å². The Balaban J connectivity index is 2.58. The van der Waals surface area contributed by atoms with E-state index in [1.165, 1.54) is 0 Å². The predicted octanol–water partition coefficient (Wildman–Crippen LogP) is -0.363. The largest absolute Gasteiger partial charge is 0.394 e. The third-order valence-electron chi connectivity index (χ3n) is 3.02. The number of nitrogens with one attached hydrogen (secondary N) is 1. The molecule has 9 heteroatoms. The SMILES string of the molecule is C#C[C@@]1(O)C(F)[C@@H](CO)O[C@H]1n1cc(F)c(=O)[nH]c1=S. The zero-order valence-electron chi connectivity index (χ0n) is 9.92. The number of halogens is 2. The van der Waals surface area contributed by atoms with Crippen molar-refractivity contribution in [2.45, 2.75) is 24.1 Å². The molecule has 20 heavy (non-hydrogen) atoms. The second-order valence-electron chi connectivity index (χ2n) is 4.22. The first-order chi connectivity index (χ1) is 9.35. The second-order valence-corrected chi connectivity index (χ2v) is 4.61. The molecule has 1 aromatic heterocycles. The van der Waals surface area contributed by atoms with E-state index in [1.807, 2.05) is 10.9 Å². The lowest BCUT2D eigenvalue weighted by atomic mass is 9.96. The van der Waals surface area contributed by atoms with Crippen molar-refractivity contribution in [1.82, 2.24) is 9.55 Å². The lowest BCUT2D eigenvalue weighted by molar-refractivity contribution is -0.0744. The number of nitrogens with zero attached hydrogens (tertiary/aromatic N) is 1. The molecule has 0 spiro atoms. The summed E-state index contributed by atoms with van der Waals surface area (Å²) in [4.78, 5) is 13.1. The van der Waals surface area contributed by atoms with Gasteiger partial charge >= 0.3 is 0 Å². The normalized spacial score (nSPS) is 33.0. The summed E-state index contributed by atoms with van der Waals surface area (Å²) < 4.78 is 32.9. The molecule has 0 bridgehead atoms. The van der Waals surface area contributed by atoms with E-state index < -0.39 is 42.1 Å². The van der Waals surface area contributed by atoms with Crippen LogP contribution in [0.5, 0.6) is 0 Å². The number of terminal acetylenes is 1. The highest BCUT2D eigenvalue weighted by Gasteiger charge is 2.56. The molecule has 2 heterocycles. The maximum Gasteiger partial charge on any atom is 0.287 e. The fourth-order valence-corrected chi connectivity index (χ4v) is 2.20. The van der Waals surface area contributed by atoms with Gasteiger partial charge < -0.3 is 14.9 Å². The Hall–Kier alpha value is -1.60. The Labute approximate surface area is 116 Å². The second kappa shape index (κ2) is 5.06. The van der Waals surface area contributed by atoms with Crippen LogP contribution in [0, 0.1) is 22.9 Å². The summed E-state index contributed by atoms with van der Waals surface area (Å²) in [5, 5.41) is 19.1. The zero-order chi connectivity index (χ0) is 15.1. The van der Waals surface area contributed by atoms with Gasteiger partial charge in [-0.05, 0) is 12.2 Å². The number of rotatable bonds is 2. The van der Waals surface area contributed by atoms with Crippen LogP contribution in [0.2, 0.25) is 0 Å². The molecular formula is C11H10F2N2O4S. The Morgan fingerprint density at radius 1 is 1.70 bits per heavy atom. The lowest BCUT2D eigenvalue weighted by Crippen LogP contribution is -2.43. The Bertz CT molecular complexity index is 682.